The molecule has 3 atom stereocenters. The van der Waals surface area contributed by atoms with Crippen molar-refractivity contribution in [3.05, 3.63) is 35.4 Å². The highest BCUT2D eigenvalue weighted by atomic mass is 19.1. The first kappa shape index (κ1) is 20.3. The first-order chi connectivity index (χ1) is 13.1. The molecule has 0 saturated carbocycles. The van der Waals surface area contributed by atoms with Crippen molar-refractivity contribution in [1.29, 1.82) is 0 Å². The van der Waals surface area contributed by atoms with E-state index in [-0.39, 0.29) is 19.6 Å². The molecule has 1 unspecified atom stereocenters. The zero-order valence-corrected chi connectivity index (χ0v) is 16.0. The van der Waals surface area contributed by atoms with Gasteiger partial charge in [0.05, 0.1) is 25.3 Å². The Morgan fingerprint density at radius 3 is 2.61 bits per heavy atom. The molecule has 28 heavy (non-hydrogen) atoms. The predicted molar refractivity (Wildman–Crippen MR) is 94.8 cm³/mol. The molecule has 1 N–H and O–H groups in total. The minimum absolute atomic E-state index is 0.143. The van der Waals surface area contributed by atoms with Crippen LogP contribution in [-0.2, 0) is 20.6 Å². The van der Waals surface area contributed by atoms with Gasteiger partial charge in [0.25, 0.3) is 0 Å². The molecular formula is C19H24F2N2O5. The van der Waals surface area contributed by atoms with Crippen molar-refractivity contribution in [3.8, 4) is 0 Å². The number of halogens is 2. The molecule has 154 valence electrons. The number of alkyl carbamates (subject to hydrolysis) is 1. The van der Waals surface area contributed by atoms with Crippen LogP contribution in [-0.4, -0.2) is 60.6 Å². The molecule has 2 heterocycles. The van der Waals surface area contributed by atoms with Crippen LogP contribution in [0.25, 0.3) is 0 Å². The maximum atomic E-state index is 13.5. The van der Waals surface area contributed by atoms with Crippen LogP contribution in [0.1, 0.15) is 26.3 Å². The van der Waals surface area contributed by atoms with Crippen LogP contribution in [0, 0.1) is 11.6 Å². The maximum absolute atomic E-state index is 13.5. The van der Waals surface area contributed by atoms with Crippen LogP contribution in [0.4, 0.5) is 18.4 Å². The number of carbonyl (C=O) groups is 2. The molecule has 2 fully saturated rings. The van der Waals surface area contributed by atoms with Crippen molar-refractivity contribution in [2.45, 2.75) is 51.0 Å². The molecule has 0 spiro atoms. The second-order valence-electron chi connectivity index (χ2n) is 7.92. The summed E-state index contributed by atoms with van der Waals surface area (Å²) in [7, 11) is 0. The number of nitrogens with one attached hydrogen (secondary N) is 1. The Morgan fingerprint density at radius 2 is 1.96 bits per heavy atom. The lowest BCUT2D eigenvalue weighted by Gasteiger charge is -2.39. The molecule has 0 radical (unpaired) electrons. The third-order valence-electron chi connectivity index (χ3n) is 4.49. The standard InChI is InChI=1S/C19H24F2N2O5/c1-19(2,3)28-18(25)23-4-5-26-10-15(23)16-14(22-17(24)27-16)8-11-6-12(20)9-13(21)7-11/h6-7,9,14-16H,4-5,8,10H2,1-3H3,(H,22,24)/t14-,15?,16-/m0/s1. The lowest BCUT2D eigenvalue weighted by molar-refractivity contribution is -0.0647. The quantitative estimate of drug-likeness (QED) is 0.847. The van der Waals surface area contributed by atoms with Gasteiger partial charge in [-0.05, 0) is 44.9 Å². The Bertz CT molecular complexity index is 732. The molecule has 0 aromatic heterocycles. The zero-order chi connectivity index (χ0) is 20.5. The van der Waals surface area contributed by atoms with E-state index < -0.39 is 47.6 Å². The van der Waals surface area contributed by atoms with Crippen LogP contribution in [0.2, 0.25) is 0 Å². The Morgan fingerprint density at radius 1 is 1.29 bits per heavy atom. The van der Waals surface area contributed by atoms with Crippen molar-refractivity contribution >= 4 is 12.2 Å². The molecule has 3 rings (SSSR count). The van der Waals surface area contributed by atoms with Gasteiger partial charge in [-0.3, -0.25) is 4.90 Å². The third-order valence-corrected chi connectivity index (χ3v) is 4.49. The zero-order valence-electron chi connectivity index (χ0n) is 16.0. The van der Waals surface area contributed by atoms with Gasteiger partial charge in [0, 0.05) is 12.6 Å². The van der Waals surface area contributed by atoms with Crippen molar-refractivity contribution < 1.29 is 32.6 Å². The number of cyclic esters (lactones) is 1. The van der Waals surface area contributed by atoms with Crippen molar-refractivity contribution in [2.24, 2.45) is 0 Å². The average Bonchev–Trinajstić information content (AvgIpc) is 2.92. The Kier molecular flexibility index (Phi) is 5.74. The van der Waals surface area contributed by atoms with E-state index in [1.54, 1.807) is 20.8 Å². The molecule has 9 heteroatoms. The number of benzene rings is 1. The minimum Gasteiger partial charge on any atom is -0.444 e. The number of morpholine rings is 1. The summed E-state index contributed by atoms with van der Waals surface area (Å²) in [5, 5.41) is 2.66. The molecule has 7 nitrogen and oxygen atoms in total. The fourth-order valence-electron chi connectivity index (χ4n) is 3.41. The number of ether oxygens (including phenoxy) is 3. The lowest BCUT2D eigenvalue weighted by Crippen LogP contribution is -2.58. The van der Waals surface area contributed by atoms with Crippen LogP contribution in [0.5, 0.6) is 0 Å². The fraction of sp³-hybridized carbons (Fsp3) is 0.579. The first-order valence-corrected chi connectivity index (χ1v) is 9.12. The van der Waals surface area contributed by atoms with E-state index in [1.165, 1.54) is 17.0 Å². The Balaban J connectivity index is 1.79. The van der Waals surface area contributed by atoms with Crippen LogP contribution in [0.3, 0.4) is 0 Å². The smallest absolute Gasteiger partial charge is 0.410 e. The fourth-order valence-corrected chi connectivity index (χ4v) is 3.41. The van der Waals surface area contributed by atoms with E-state index in [4.69, 9.17) is 14.2 Å². The van der Waals surface area contributed by atoms with E-state index in [0.717, 1.165) is 6.07 Å². The highest BCUT2D eigenvalue weighted by Crippen LogP contribution is 2.25. The SMILES string of the molecule is CC(C)(C)OC(=O)N1CCOCC1[C@H]1OC(=O)N[C@H]1Cc1cc(F)cc(F)c1. The molecule has 2 saturated heterocycles. The monoisotopic (exact) mass is 398 g/mol. The second-order valence-corrected chi connectivity index (χ2v) is 7.92. The Hall–Kier alpha value is -2.42. The van der Waals surface area contributed by atoms with E-state index in [2.05, 4.69) is 5.32 Å². The van der Waals surface area contributed by atoms with E-state index in [1.807, 2.05) is 0 Å². The van der Waals surface area contributed by atoms with Crippen molar-refractivity contribution in [1.82, 2.24) is 10.2 Å². The summed E-state index contributed by atoms with van der Waals surface area (Å²) in [6.45, 7) is 6.07. The number of rotatable bonds is 3. The van der Waals surface area contributed by atoms with Gasteiger partial charge in [-0.15, -0.1) is 0 Å². The van der Waals surface area contributed by atoms with E-state index >= 15 is 0 Å². The van der Waals surface area contributed by atoms with Gasteiger partial charge in [0.1, 0.15) is 23.3 Å². The highest BCUT2D eigenvalue weighted by molar-refractivity contribution is 5.72. The molecule has 0 aliphatic carbocycles. The third kappa shape index (κ3) is 4.89. The number of hydrogen-bond acceptors (Lipinski definition) is 5. The molecular weight excluding hydrogens is 374 g/mol. The average molecular weight is 398 g/mol. The maximum Gasteiger partial charge on any atom is 0.410 e. The minimum atomic E-state index is -0.744. The number of amides is 2. The van der Waals surface area contributed by atoms with Crippen LogP contribution < -0.4 is 5.32 Å². The van der Waals surface area contributed by atoms with E-state index in [0.29, 0.717) is 12.2 Å². The number of hydrogen-bond donors (Lipinski definition) is 1. The summed E-state index contributed by atoms with van der Waals surface area (Å²) in [4.78, 5) is 26.0. The summed E-state index contributed by atoms with van der Waals surface area (Å²) in [5.74, 6) is -1.40. The molecule has 1 aromatic rings. The van der Waals surface area contributed by atoms with Crippen molar-refractivity contribution in [3.63, 3.8) is 0 Å². The van der Waals surface area contributed by atoms with Gasteiger partial charge in [-0.2, -0.15) is 0 Å². The largest absolute Gasteiger partial charge is 0.444 e. The normalized spacial score (nSPS) is 25.2. The molecule has 0 bridgehead atoms. The Labute approximate surface area is 161 Å². The van der Waals surface area contributed by atoms with Crippen molar-refractivity contribution in [2.75, 3.05) is 19.8 Å². The van der Waals surface area contributed by atoms with Gasteiger partial charge >= 0.3 is 12.2 Å². The first-order valence-electron chi connectivity index (χ1n) is 9.12. The van der Waals surface area contributed by atoms with E-state index in [9.17, 15) is 18.4 Å². The van der Waals surface area contributed by atoms with Crippen LogP contribution >= 0.6 is 0 Å². The molecule has 1 aromatic carbocycles. The summed E-state index contributed by atoms with van der Waals surface area (Å²) in [6.07, 6.45) is -1.78. The molecule has 2 aliphatic heterocycles. The lowest BCUT2D eigenvalue weighted by atomic mass is 9.96. The van der Waals surface area contributed by atoms with Gasteiger partial charge < -0.3 is 19.5 Å². The van der Waals surface area contributed by atoms with Gasteiger partial charge in [-0.1, -0.05) is 0 Å². The van der Waals surface area contributed by atoms with Gasteiger partial charge in [0.2, 0.25) is 0 Å². The molecule has 2 amide bonds. The predicted octanol–water partition coefficient (Wildman–Crippen LogP) is 2.62. The second kappa shape index (κ2) is 7.90. The number of nitrogens with zero attached hydrogens (tertiary/aromatic N) is 1. The van der Waals surface area contributed by atoms with Gasteiger partial charge in [0.15, 0.2) is 0 Å². The summed E-state index contributed by atoms with van der Waals surface area (Å²) in [5.41, 5.74) is -0.304. The van der Waals surface area contributed by atoms with Gasteiger partial charge in [-0.25, -0.2) is 18.4 Å². The summed E-state index contributed by atoms with van der Waals surface area (Å²) < 4.78 is 43.3. The topological polar surface area (TPSA) is 77.1 Å². The highest BCUT2D eigenvalue weighted by Gasteiger charge is 2.45. The summed E-state index contributed by atoms with van der Waals surface area (Å²) >= 11 is 0. The number of carbonyl (C=O) groups excluding carboxylic acids is 2. The van der Waals surface area contributed by atoms with Crippen LogP contribution in [0.15, 0.2) is 18.2 Å². The molecule has 2 aliphatic rings. The summed E-state index contributed by atoms with van der Waals surface area (Å²) in [6, 6.07) is 2.03.